The summed E-state index contributed by atoms with van der Waals surface area (Å²) in [5.41, 5.74) is 12.3. The first-order chi connectivity index (χ1) is 28.5. The lowest BCUT2D eigenvalue weighted by atomic mass is 9.78. The Kier molecular flexibility index (Phi) is 5.03. The number of rotatable bonds is 4. The Hall–Kier alpha value is -6.12. The summed E-state index contributed by atoms with van der Waals surface area (Å²) in [6, 6.07) is 33.4. The largest absolute Gasteiger partial charge is 0.310 e. The Morgan fingerprint density at radius 2 is 1.04 bits per heavy atom. The Morgan fingerprint density at radius 3 is 1.65 bits per heavy atom. The van der Waals surface area contributed by atoms with E-state index in [2.05, 4.69) is 124 Å². The SMILES string of the molecule is [2H]c1c([2H])c([2H])c2c(c1[2H])c1c([2H])c([2H])c([2H])c([2H])c1n2-c1ccc2cc3c(cc2c1)-c1cc2cc(N(c4cccc(C(C)(C)C)c4)c4c(C)cccc4C)ccc2cc1-3. The maximum Gasteiger partial charge on any atom is 0.0645 e. The van der Waals surface area contributed by atoms with E-state index >= 15 is 0 Å². The fourth-order valence-corrected chi connectivity index (χ4v) is 8.03. The number of anilines is 3. The lowest BCUT2D eigenvalue weighted by Gasteiger charge is -2.31. The minimum Gasteiger partial charge on any atom is -0.310 e. The number of aryl methyl sites for hydroxylation is 2. The first kappa shape index (κ1) is 23.4. The van der Waals surface area contributed by atoms with Crippen molar-refractivity contribution in [3.63, 3.8) is 0 Å². The Bertz CT molecular complexity index is 3280. The van der Waals surface area contributed by atoms with Crippen molar-refractivity contribution in [3.05, 3.63) is 168 Å². The van der Waals surface area contributed by atoms with Gasteiger partial charge in [-0.2, -0.15) is 0 Å². The molecule has 250 valence electrons. The second-order valence-corrected chi connectivity index (χ2v) is 15.0. The van der Waals surface area contributed by atoms with Gasteiger partial charge in [0.05, 0.1) is 27.7 Å². The monoisotopic (exact) mass is 676 g/mol. The van der Waals surface area contributed by atoms with Crippen molar-refractivity contribution in [3.8, 4) is 27.9 Å². The van der Waals surface area contributed by atoms with Gasteiger partial charge < -0.3 is 9.47 Å². The molecule has 1 aliphatic carbocycles. The summed E-state index contributed by atoms with van der Waals surface area (Å²) in [7, 11) is 0. The fourth-order valence-electron chi connectivity index (χ4n) is 8.03. The van der Waals surface area contributed by atoms with Gasteiger partial charge in [-0.3, -0.25) is 0 Å². The molecular formula is C50H40N2. The Labute approximate surface area is 316 Å². The summed E-state index contributed by atoms with van der Waals surface area (Å²) in [6.07, 6.45) is 0. The van der Waals surface area contributed by atoms with Crippen LogP contribution in [0.25, 0.3) is 71.3 Å². The van der Waals surface area contributed by atoms with Crippen molar-refractivity contribution >= 4 is 60.4 Å². The van der Waals surface area contributed by atoms with Crippen LogP contribution >= 0.6 is 0 Å². The molecule has 9 aromatic rings. The van der Waals surface area contributed by atoms with Crippen LogP contribution in [0.5, 0.6) is 0 Å². The van der Waals surface area contributed by atoms with Crippen LogP contribution in [0.15, 0.2) is 151 Å². The zero-order valence-corrected chi connectivity index (χ0v) is 29.7. The van der Waals surface area contributed by atoms with Gasteiger partial charge in [-0.05, 0) is 153 Å². The summed E-state index contributed by atoms with van der Waals surface area (Å²) in [6.45, 7) is 11.0. The van der Waals surface area contributed by atoms with Crippen LogP contribution in [0.3, 0.4) is 0 Å². The molecule has 8 aromatic carbocycles. The standard InChI is InChI=1S/C50H40N2/c1-31-12-10-13-32(2)49(31)51(38-15-11-14-37(30-38)50(3,4)5)39-22-20-33-26-43-44-27-34-21-23-40(25-36(34)29-46(44)45(43)28-35(33)24-39)52-47-18-8-6-16-41(47)42-17-7-9-19-48(42)52/h6-30H,1-5H3/i6D,7D,8D,9D,16D,17D,18D,19D. The molecular weight excluding hydrogens is 629 g/mol. The summed E-state index contributed by atoms with van der Waals surface area (Å²) in [5, 5.41) is 4.26. The van der Waals surface area contributed by atoms with Gasteiger partial charge in [-0.1, -0.05) is 99.5 Å². The maximum absolute atomic E-state index is 8.94. The summed E-state index contributed by atoms with van der Waals surface area (Å²) < 4.78 is 70.9. The maximum atomic E-state index is 8.94. The highest BCUT2D eigenvalue weighted by Gasteiger charge is 2.25. The predicted molar refractivity (Wildman–Crippen MR) is 223 cm³/mol. The lowest BCUT2D eigenvalue weighted by Crippen LogP contribution is -2.16. The van der Waals surface area contributed by atoms with Crippen LogP contribution in [0.1, 0.15) is 48.4 Å². The number of nitrogens with zero attached hydrogens (tertiary/aromatic N) is 2. The quantitative estimate of drug-likeness (QED) is 0.180. The second kappa shape index (κ2) is 11.2. The van der Waals surface area contributed by atoms with Gasteiger partial charge in [0.25, 0.3) is 0 Å². The average Bonchev–Trinajstić information content (AvgIpc) is 3.59. The number of hydrogen-bond donors (Lipinski definition) is 0. The van der Waals surface area contributed by atoms with Crippen molar-refractivity contribution in [1.29, 1.82) is 0 Å². The van der Waals surface area contributed by atoms with Crippen LogP contribution in [-0.2, 0) is 5.41 Å². The van der Waals surface area contributed by atoms with Gasteiger partial charge in [-0.15, -0.1) is 0 Å². The van der Waals surface area contributed by atoms with Gasteiger partial charge in [0, 0.05) is 27.8 Å². The van der Waals surface area contributed by atoms with E-state index in [1.165, 1.54) is 22.3 Å². The molecule has 1 aliphatic rings. The lowest BCUT2D eigenvalue weighted by molar-refractivity contribution is 0.590. The topological polar surface area (TPSA) is 8.17 Å². The van der Waals surface area contributed by atoms with Crippen LogP contribution in [0, 0.1) is 13.8 Å². The van der Waals surface area contributed by atoms with Crippen LogP contribution in [-0.4, -0.2) is 4.57 Å². The highest BCUT2D eigenvalue weighted by Crippen LogP contribution is 2.51. The third-order valence-electron chi connectivity index (χ3n) is 10.7. The molecule has 0 amide bonds. The summed E-state index contributed by atoms with van der Waals surface area (Å²) >= 11 is 0. The fraction of sp³-hybridized carbons (Fsp3) is 0.120. The number of hydrogen-bond acceptors (Lipinski definition) is 1. The number of aromatic nitrogens is 1. The molecule has 0 spiro atoms. The van der Waals surface area contributed by atoms with E-state index in [1.54, 1.807) is 4.57 Å². The molecule has 0 aliphatic heterocycles. The average molecular weight is 677 g/mol. The number of benzene rings is 8. The molecule has 1 heterocycles. The summed E-state index contributed by atoms with van der Waals surface area (Å²) in [4.78, 5) is 2.37. The third kappa shape index (κ3) is 4.64. The second-order valence-electron chi connectivity index (χ2n) is 15.0. The van der Waals surface area contributed by atoms with Crippen molar-refractivity contribution in [2.45, 2.75) is 40.0 Å². The van der Waals surface area contributed by atoms with Crippen molar-refractivity contribution in [2.75, 3.05) is 4.90 Å². The molecule has 0 fully saturated rings. The van der Waals surface area contributed by atoms with Crippen LogP contribution in [0.4, 0.5) is 17.1 Å². The smallest absolute Gasteiger partial charge is 0.0645 e. The van der Waals surface area contributed by atoms with E-state index in [9.17, 15) is 0 Å². The van der Waals surface area contributed by atoms with E-state index in [4.69, 9.17) is 11.0 Å². The molecule has 0 bridgehead atoms. The highest BCUT2D eigenvalue weighted by atomic mass is 15.1. The highest BCUT2D eigenvalue weighted by molar-refractivity contribution is 6.13. The van der Waals surface area contributed by atoms with Crippen LogP contribution < -0.4 is 4.90 Å². The molecule has 0 atom stereocenters. The van der Waals surface area contributed by atoms with Crippen LogP contribution in [0.2, 0.25) is 0 Å². The first-order valence-corrected chi connectivity index (χ1v) is 17.7. The number of para-hydroxylation sites is 3. The van der Waals surface area contributed by atoms with E-state index in [0.29, 0.717) is 5.69 Å². The first-order valence-electron chi connectivity index (χ1n) is 21.7. The molecule has 0 unspecified atom stereocenters. The predicted octanol–water partition coefficient (Wildman–Crippen LogP) is 14.1. The van der Waals surface area contributed by atoms with Gasteiger partial charge >= 0.3 is 0 Å². The molecule has 0 saturated heterocycles. The normalized spacial score (nSPS) is 14.5. The van der Waals surface area contributed by atoms with E-state index in [-0.39, 0.29) is 51.4 Å². The third-order valence-corrected chi connectivity index (χ3v) is 10.7. The van der Waals surface area contributed by atoms with Crippen molar-refractivity contribution < 1.29 is 11.0 Å². The molecule has 0 saturated carbocycles. The zero-order chi connectivity index (χ0) is 42.3. The molecule has 2 heteroatoms. The molecule has 0 N–H and O–H groups in total. The van der Waals surface area contributed by atoms with Gasteiger partial charge in [0.1, 0.15) is 0 Å². The zero-order valence-electron chi connectivity index (χ0n) is 37.7. The molecule has 1 aromatic heterocycles. The van der Waals surface area contributed by atoms with E-state index in [0.717, 1.165) is 55.3 Å². The molecule has 0 radical (unpaired) electrons. The molecule has 52 heavy (non-hydrogen) atoms. The van der Waals surface area contributed by atoms with Gasteiger partial charge in [0.2, 0.25) is 0 Å². The van der Waals surface area contributed by atoms with Crippen molar-refractivity contribution in [1.82, 2.24) is 4.57 Å². The number of fused-ring (bicyclic) bond motifs is 9. The van der Waals surface area contributed by atoms with E-state index in [1.807, 2.05) is 18.2 Å². The Balaban J connectivity index is 1.13. The minimum atomic E-state index is -0.456. The summed E-state index contributed by atoms with van der Waals surface area (Å²) in [5.74, 6) is 0. The van der Waals surface area contributed by atoms with Gasteiger partial charge in [-0.25, -0.2) is 0 Å². The minimum absolute atomic E-state index is 0.0163. The van der Waals surface area contributed by atoms with Crippen molar-refractivity contribution in [2.24, 2.45) is 0 Å². The van der Waals surface area contributed by atoms with E-state index < -0.39 is 24.2 Å². The van der Waals surface area contributed by atoms with Gasteiger partial charge in [0.15, 0.2) is 0 Å². The Morgan fingerprint density at radius 1 is 0.519 bits per heavy atom. The molecule has 10 rings (SSSR count). The molecule has 2 nitrogen and oxygen atoms in total.